The van der Waals surface area contributed by atoms with E-state index >= 15 is 0 Å². The second kappa shape index (κ2) is 53.7. The first-order valence-corrected chi connectivity index (χ1v) is 27.8. The lowest BCUT2D eigenvalue weighted by Crippen LogP contribution is -2.30. The summed E-state index contributed by atoms with van der Waals surface area (Å²) in [6.07, 6.45) is 66.4. The number of unbranched alkanes of at least 4 members (excludes halogenated alkanes) is 29. The van der Waals surface area contributed by atoms with Crippen molar-refractivity contribution in [2.45, 2.75) is 284 Å². The van der Waals surface area contributed by atoms with Crippen molar-refractivity contribution in [3.63, 3.8) is 0 Å². The molecule has 0 fully saturated rings. The molecule has 0 aliphatic carbocycles. The van der Waals surface area contributed by atoms with E-state index in [2.05, 4.69) is 81.5 Å². The summed E-state index contributed by atoms with van der Waals surface area (Å²) >= 11 is 0. The normalized spacial score (nSPS) is 12.5. The third-order valence-corrected chi connectivity index (χ3v) is 12.0. The van der Waals surface area contributed by atoms with Crippen molar-refractivity contribution in [2.24, 2.45) is 0 Å². The van der Waals surface area contributed by atoms with E-state index in [1.165, 1.54) is 161 Å². The summed E-state index contributed by atoms with van der Waals surface area (Å²) < 4.78 is 16.8. The van der Waals surface area contributed by atoms with Crippen molar-refractivity contribution >= 4 is 17.9 Å². The maximum atomic E-state index is 12.8. The Labute approximate surface area is 402 Å². The van der Waals surface area contributed by atoms with Crippen LogP contribution in [0, 0.1) is 0 Å². The summed E-state index contributed by atoms with van der Waals surface area (Å²) in [5.41, 5.74) is 0. The van der Waals surface area contributed by atoms with Gasteiger partial charge in [-0.1, -0.05) is 236 Å². The van der Waals surface area contributed by atoms with E-state index in [0.29, 0.717) is 19.3 Å². The number of esters is 3. The molecule has 6 nitrogen and oxygen atoms in total. The second-order valence-electron chi connectivity index (χ2n) is 18.5. The molecular formula is C59H104O6. The monoisotopic (exact) mass is 909 g/mol. The first kappa shape index (κ1) is 62.1. The molecule has 0 saturated heterocycles. The van der Waals surface area contributed by atoms with Crippen LogP contribution in [0.15, 0.2) is 60.8 Å². The van der Waals surface area contributed by atoms with E-state index in [0.717, 1.165) is 70.6 Å². The molecule has 1 atom stereocenters. The van der Waals surface area contributed by atoms with Crippen molar-refractivity contribution in [3.05, 3.63) is 60.8 Å². The Bertz CT molecular complexity index is 1180. The molecule has 65 heavy (non-hydrogen) atoms. The molecule has 0 bridgehead atoms. The van der Waals surface area contributed by atoms with Crippen LogP contribution in [0.4, 0.5) is 0 Å². The Kier molecular flexibility index (Phi) is 51.3. The van der Waals surface area contributed by atoms with Crippen molar-refractivity contribution < 1.29 is 28.6 Å². The van der Waals surface area contributed by atoms with E-state index in [9.17, 15) is 14.4 Å². The van der Waals surface area contributed by atoms with Crippen LogP contribution in [0.1, 0.15) is 278 Å². The van der Waals surface area contributed by atoms with Crippen LogP contribution >= 0.6 is 0 Å². The molecular weight excluding hydrogens is 805 g/mol. The Balaban J connectivity index is 4.44. The highest BCUT2D eigenvalue weighted by Crippen LogP contribution is 2.16. The third kappa shape index (κ3) is 51.9. The highest BCUT2D eigenvalue weighted by Gasteiger charge is 2.19. The molecule has 0 aromatic rings. The fourth-order valence-electron chi connectivity index (χ4n) is 7.78. The molecule has 0 aromatic heterocycles. The molecule has 0 radical (unpaired) electrons. The molecule has 0 unspecified atom stereocenters. The zero-order valence-electron chi connectivity index (χ0n) is 43.0. The van der Waals surface area contributed by atoms with Gasteiger partial charge in [-0.3, -0.25) is 14.4 Å². The second-order valence-corrected chi connectivity index (χ2v) is 18.5. The van der Waals surface area contributed by atoms with Crippen molar-refractivity contribution in [1.29, 1.82) is 0 Å². The zero-order chi connectivity index (χ0) is 47.2. The van der Waals surface area contributed by atoms with Crippen LogP contribution in [0.2, 0.25) is 0 Å². The summed E-state index contributed by atoms with van der Waals surface area (Å²) in [4.78, 5) is 38.0. The van der Waals surface area contributed by atoms with Gasteiger partial charge in [0.05, 0.1) is 0 Å². The average molecular weight is 909 g/mol. The van der Waals surface area contributed by atoms with E-state index in [4.69, 9.17) is 14.2 Å². The maximum absolute atomic E-state index is 12.8. The van der Waals surface area contributed by atoms with E-state index < -0.39 is 6.10 Å². The molecule has 0 spiro atoms. The molecule has 0 rings (SSSR count). The highest BCUT2D eigenvalue weighted by molar-refractivity contribution is 5.71. The minimum Gasteiger partial charge on any atom is -0.462 e. The molecule has 6 heteroatoms. The highest BCUT2D eigenvalue weighted by atomic mass is 16.6. The van der Waals surface area contributed by atoms with E-state index in [1.807, 2.05) is 0 Å². The Morgan fingerprint density at radius 3 is 0.985 bits per heavy atom. The largest absolute Gasteiger partial charge is 0.462 e. The third-order valence-electron chi connectivity index (χ3n) is 12.0. The molecule has 0 amide bonds. The fourth-order valence-corrected chi connectivity index (χ4v) is 7.78. The predicted octanol–water partition coefficient (Wildman–Crippen LogP) is 18.4. The van der Waals surface area contributed by atoms with Crippen LogP contribution in [-0.2, 0) is 28.6 Å². The van der Waals surface area contributed by atoms with Gasteiger partial charge in [0.15, 0.2) is 6.10 Å². The van der Waals surface area contributed by atoms with Gasteiger partial charge in [-0.25, -0.2) is 0 Å². The first-order chi connectivity index (χ1) is 32.0. The van der Waals surface area contributed by atoms with Crippen LogP contribution in [0.3, 0.4) is 0 Å². The molecule has 0 heterocycles. The minimum atomic E-state index is -0.797. The van der Waals surface area contributed by atoms with Crippen LogP contribution in [0.25, 0.3) is 0 Å². The maximum Gasteiger partial charge on any atom is 0.306 e. The number of hydrogen-bond donors (Lipinski definition) is 0. The zero-order valence-corrected chi connectivity index (χ0v) is 43.0. The van der Waals surface area contributed by atoms with E-state index in [1.54, 1.807) is 0 Å². The molecule has 0 aliphatic rings. The average Bonchev–Trinajstić information content (AvgIpc) is 3.30. The van der Waals surface area contributed by atoms with Gasteiger partial charge in [0.2, 0.25) is 0 Å². The SMILES string of the molecule is CCCCC/C=C/C/C=C/C/C=C/C/C=C/CCCC(=O)OC[C@@H](COC(=O)CCCCCCC/C=C/CCCCCC)OC(=O)CCCCCCCCCCCCCCCCCCC. The van der Waals surface area contributed by atoms with Gasteiger partial charge in [0.1, 0.15) is 13.2 Å². The van der Waals surface area contributed by atoms with E-state index in [-0.39, 0.29) is 37.5 Å². The van der Waals surface area contributed by atoms with Gasteiger partial charge in [-0.15, -0.1) is 0 Å². The summed E-state index contributed by atoms with van der Waals surface area (Å²) in [6.45, 7) is 6.56. The van der Waals surface area contributed by atoms with Gasteiger partial charge < -0.3 is 14.2 Å². The molecule has 0 aromatic carbocycles. The quantitative estimate of drug-likeness (QED) is 0.0262. The molecule has 0 N–H and O–H groups in total. The van der Waals surface area contributed by atoms with Gasteiger partial charge in [0, 0.05) is 19.3 Å². The summed E-state index contributed by atoms with van der Waals surface area (Å²) in [5, 5.41) is 0. The van der Waals surface area contributed by atoms with Gasteiger partial charge in [0.25, 0.3) is 0 Å². The topological polar surface area (TPSA) is 78.9 Å². The van der Waals surface area contributed by atoms with Crippen molar-refractivity contribution in [2.75, 3.05) is 13.2 Å². The molecule has 0 aliphatic heterocycles. The fraction of sp³-hybridized carbons (Fsp3) is 0.780. The standard InChI is InChI=1S/C59H104O6/c1-4-7-10-13-16-19-22-25-27-29-31-34-37-40-43-46-49-52-58(61)64-55-56(54-63-57(60)51-48-45-42-39-36-33-24-21-18-15-12-9-6-3)65-59(62)53-50-47-44-41-38-35-32-30-28-26-23-20-17-14-11-8-5-2/h16,19,21,24-25,27,31,34,40,43,56H,4-15,17-18,20,22-23,26,28-30,32-33,35-39,41-42,44-55H2,1-3H3/b19-16+,24-21+,27-25+,34-31+,43-40+/t56-/m1/s1. The summed E-state index contributed by atoms with van der Waals surface area (Å²) in [7, 11) is 0. The number of carbonyl (C=O) groups excluding carboxylic acids is 3. The minimum absolute atomic E-state index is 0.0934. The molecule has 376 valence electrons. The number of carbonyl (C=O) groups is 3. The molecule has 0 saturated carbocycles. The van der Waals surface area contributed by atoms with Crippen LogP contribution in [0.5, 0.6) is 0 Å². The first-order valence-electron chi connectivity index (χ1n) is 27.8. The lowest BCUT2D eigenvalue weighted by atomic mass is 10.0. The van der Waals surface area contributed by atoms with Crippen molar-refractivity contribution in [3.8, 4) is 0 Å². The Morgan fingerprint density at radius 1 is 0.308 bits per heavy atom. The predicted molar refractivity (Wildman–Crippen MR) is 279 cm³/mol. The number of allylic oxidation sites excluding steroid dienone is 10. The van der Waals surface area contributed by atoms with Gasteiger partial charge in [-0.05, 0) is 83.5 Å². The van der Waals surface area contributed by atoms with Gasteiger partial charge in [-0.2, -0.15) is 0 Å². The number of hydrogen-bond acceptors (Lipinski definition) is 6. The summed E-state index contributed by atoms with van der Waals surface area (Å²) in [5.74, 6) is -0.950. The number of rotatable bonds is 50. The lowest BCUT2D eigenvalue weighted by molar-refractivity contribution is -0.167. The summed E-state index contributed by atoms with van der Waals surface area (Å²) in [6, 6.07) is 0. The van der Waals surface area contributed by atoms with Gasteiger partial charge >= 0.3 is 17.9 Å². The lowest BCUT2D eigenvalue weighted by Gasteiger charge is -2.18. The number of ether oxygens (including phenoxy) is 3. The van der Waals surface area contributed by atoms with Crippen LogP contribution in [-0.4, -0.2) is 37.2 Å². The smallest absolute Gasteiger partial charge is 0.306 e. The van der Waals surface area contributed by atoms with Crippen molar-refractivity contribution in [1.82, 2.24) is 0 Å². The Morgan fingerprint density at radius 2 is 0.569 bits per heavy atom. The Hall–Kier alpha value is -2.89. The van der Waals surface area contributed by atoms with Crippen LogP contribution < -0.4 is 0 Å².